The van der Waals surface area contributed by atoms with Gasteiger partial charge in [0.05, 0.1) is 0 Å². The number of aromatic nitrogens is 1. The molecule has 0 radical (unpaired) electrons. The van der Waals surface area contributed by atoms with Gasteiger partial charge in [-0.1, -0.05) is 0 Å². The van der Waals surface area contributed by atoms with Crippen LogP contribution in [0.2, 0.25) is 0 Å². The molecule has 0 aromatic carbocycles. The summed E-state index contributed by atoms with van der Waals surface area (Å²) in [7, 11) is 0. The normalized spacial score (nSPS) is 10.2. The second-order valence-corrected chi connectivity index (χ2v) is 2.26. The second kappa shape index (κ2) is 3.42. The van der Waals surface area contributed by atoms with Crippen molar-refractivity contribution in [2.45, 2.75) is 19.9 Å². The predicted octanol–water partition coefficient (Wildman–Crippen LogP) is 1.04. The Balaban J connectivity index is 2.70. The number of nitrogens with zero attached hydrogens (tertiary/aromatic N) is 1. The Bertz CT molecular complexity index is 193. The quantitative estimate of drug-likeness (QED) is 0.665. The average Bonchev–Trinajstić information content (AvgIpc) is 2.36. The molecule has 2 heteroatoms. The molecule has 0 fully saturated rings. The first-order valence-electron chi connectivity index (χ1n) is 3.63. The van der Waals surface area contributed by atoms with Crippen molar-refractivity contribution in [3.63, 3.8) is 0 Å². The largest absolute Gasteiger partial charge is 0.396 e. The van der Waals surface area contributed by atoms with E-state index in [0.29, 0.717) is 0 Å². The molecular weight excluding hydrogens is 126 g/mol. The zero-order valence-electron chi connectivity index (χ0n) is 6.25. The fraction of sp³-hybridized carbons (Fsp3) is 0.500. The fourth-order valence-corrected chi connectivity index (χ4v) is 1.10. The minimum atomic E-state index is 0.240. The Labute approximate surface area is 61.1 Å². The number of hydrogen-bond donors (Lipinski definition) is 1. The van der Waals surface area contributed by atoms with E-state index in [2.05, 4.69) is 11.5 Å². The van der Waals surface area contributed by atoms with Gasteiger partial charge in [-0.2, -0.15) is 0 Å². The highest BCUT2D eigenvalue weighted by Crippen LogP contribution is 2.01. The lowest BCUT2D eigenvalue weighted by Gasteiger charge is -2.02. The molecule has 56 valence electrons. The van der Waals surface area contributed by atoms with Gasteiger partial charge in [0, 0.05) is 31.5 Å². The van der Waals surface area contributed by atoms with Gasteiger partial charge >= 0.3 is 0 Å². The topological polar surface area (TPSA) is 25.2 Å². The van der Waals surface area contributed by atoms with Crippen molar-refractivity contribution < 1.29 is 5.11 Å². The highest BCUT2D eigenvalue weighted by molar-refractivity contribution is 5.06. The van der Waals surface area contributed by atoms with E-state index in [9.17, 15) is 0 Å². The first-order valence-corrected chi connectivity index (χ1v) is 3.63. The highest BCUT2D eigenvalue weighted by Gasteiger charge is 1.95. The van der Waals surface area contributed by atoms with Gasteiger partial charge in [-0.3, -0.25) is 0 Å². The highest BCUT2D eigenvalue weighted by atomic mass is 16.3. The molecule has 0 bridgehead atoms. The van der Waals surface area contributed by atoms with Crippen LogP contribution in [-0.2, 0) is 13.0 Å². The molecule has 10 heavy (non-hydrogen) atoms. The summed E-state index contributed by atoms with van der Waals surface area (Å²) in [5.41, 5.74) is 1.21. The van der Waals surface area contributed by atoms with Crippen molar-refractivity contribution in [1.82, 2.24) is 4.57 Å². The number of aliphatic hydroxyl groups is 1. The van der Waals surface area contributed by atoms with Crippen LogP contribution in [0.25, 0.3) is 0 Å². The fourth-order valence-electron chi connectivity index (χ4n) is 1.10. The summed E-state index contributed by atoms with van der Waals surface area (Å²) in [6.07, 6.45) is 2.80. The Morgan fingerprint density at radius 2 is 2.40 bits per heavy atom. The summed E-state index contributed by atoms with van der Waals surface area (Å²) in [5.74, 6) is 0. The van der Waals surface area contributed by atoms with E-state index in [1.165, 1.54) is 5.69 Å². The van der Waals surface area contributed by atoms with Gasteiger partial charge in [0.15, 0.2) is 0 Å². The standard InChI is InChI=1S/C8H13NO/c1-2-9-6-3-4-8(9)5-7-10/h3-4,6,10H,2,5,7H2,1H3. The zero-order valence-corrected chi connectivity index (χ0v) is 6.25. The lowest BCUT2D eigenvalue weighted by molar-refractivity contribution is 0.296. The summed E-state index contributed by atoms with van der Waals surface area (Å²) in [6, 6.07) is 4.05. The number of rotatable bonds is 3. The van der Waals surface area contributed by atoms with Crippen molar-refractivity contribution >= 4 is 0 Å². The van der Waals surface area contributed by atoms with Crippen LogP contribution in [0.1, 0.15) is 12.6 Å². The lowest BCUT2D eigenvalue weighted by Crippen LogP contribution is -2.00. The maximum atomic E-state index is 8.64. The summed E-state index contributed by atoms with van der Waals surface area (Å²) < 4.78 is 2.14. The minimum Gasteiger partial charge on any atom is -0.396 e. The van der Waals surface area contributed by atoms with E-state index in [1.54, 1.807) is 0 Å². The molecule has 0 aliphatic rings. The SMILES string of the molecule is CCn1cccc1CCO. The van der Waals surface area contributed by atoms with Gasteiger partial charge in [-0.25, -0.2) is 0 Å². The Hall–Kier alpha value is -0.760. The van der Waals surface area contributed by atoms with Crippen LogP contribution >= 0.6 is 0 Å². The lowest BCUT2D eigenvalue weighted by atomic mass is 10.3. The molecule has 0 unspecified atom stereocenters. The average molecular weight is 139 g/mol. The van der Waals surface area contributed by atoms with Crippen LogP contribution in [0.15, 0.2) is 18.3 Å². The van der Waals surface area contributed by atoms with Crippen LogP contribution in [0.3, 0.4) is 0 Å². The third-order valence-corrected chi connectivity index (χ3v) is 1.63. The number of aryl methyl sites for hydroxylation is 1. The first-order chi connectivity index (χ1) is 4.88. The van der Waals surface area contributed by atoms with Crippen LogP contribution in [0, 0.1) is 0 Å². The maximum Gasteiger partial charge on any atom is 0.0485 e. The van der Waals surface area contributed by atoms with Gasteiger partial charge in [0.2, 0.25) is 0 Å². The second-order valence-electron chi connectivity index (χ2n) is 2.26. The molecule has 0 saturated carbocycles. The summed E-state index contributed by atoms with van der Waals surface area (Å²) in [5, 5.41) is 8.64. The molecule has 0 aliphatic carbocycles. The number of hydrogen-bond acceptors (Lipinski definition) is 1. The molecule has 0 atom stereocenters. The molecule has 0 aliphatic heterocycles. The van der Waals surface area contributed by atoms with Gasteiger partial charge in [0.25, 0.3) is 0 Å². The Morgan fingerprint density at radius 1 is 1.60 bits per heavy atom. The van der Waals surface area contributed by atoms with E-state index in [-0.39, 0.29) is 6.61 Å². The van der Waals surface area contributed by atoms with Crippen molar-refractivity contribution in [1.29, 1.82) is 0 Å². The first kappa shape index (κ1) is 7.35. The van der Waals surface area contributed by atoms with E-state index >= 15 is 0 Å². The monoisotopic (exact) mass is 139 g/mol. The number of aliphatic hydroxyl groups excluding tert-OH is 1. The van der Waals surface area contributed by atoms with Gasteiger partial charge in [0.1, 0.15) is 0 Å². The Morgan fingerprint density at radius 3 is 3.00 bits per heavy atom. The molecule has 0 spiro atoms. The molecular formula is C8H13NO. The minimum absolute atomic E-state index is 0.240. The summed E-state index contributed by atoms with van der Waals surface area (Å²) in [6.45, 7) is 3.33. The maximum absolute atomic E-state index is 8.64. The molecule has 0 saturated heterocycles. The van der Waals surface area contributed by atoms with Crippen molar-refractivity contribution in [3.8, 4) is 0 Å². The molecule has 2 nitrogen and oxygen atoms in total. The molecule has 1 aromatic heterocycles. The third kappa shape index (κ3) is 1.39. The summed E-state index contributed by atoms with van der Waals surface area (Å²) in [4.78, 5) is 0. The van der Waals surface area contributed by atoms with Crippen LogP contribution in [-0.4, -0.2) is 16.3 Å². The van der Waals surface area contributed by atoms with Crippen molar-refractivity contribution in [2.24, 2.45) is 0 Å². The van der Waals surface area contributed by atoms with Crippen molar-refractivity contribution in [2.75, 3.05) is 6.61 Å². The van der Waals surface area contributed by atoms with E-state index in [1.807, 2.05) is 18.3 Å². The smallest absolute Gasteiger partial charge is 0.0485 e. The van der Waals surface area contributed by atoms with Gasteiger partial charge in [-0.05, 0) is 19.1 Å². The van der Waals surface area contributed by atoms with Crippen LogP contribution in [0.4, 0.5) is 0 Å². The van der Waals surface area contributed by atoms with E-state index in [4.69, 9.17) is 5.11 Å². The predicted molar refractivity (Wildman–Crippen MR) is 40.9 cm³/mol. The van der Waals surface area contributed by atoms with E-state index in [0.717, 1.165) is 13.0 Å². The molecule has 0 amide bonds. The Kier molecular flexibility index (Phi) is 2.51. The summed E-state index contributed by atoms with van der Waals surface area (Å²) >= 11 is 0. The van der Waals surface area contributed by atoms with Gasteiger partial charge < -0.3 is 9.67 Å². The van der Waals surface area contributed by atoms with Gasteiger partial charge in [-0.15, -0.1) is 0 Å². The molecule has 1 N–H and O–H groups in total. The van der Waals surface area contributed by atoms with Crippen LogP contribution in [0.5, 0.6) is 0 Å². The van der Waals surface area contributed by atoms with E-state index < -0.39 is 0 Å². The molecule has 1 rings (SSSR count). The van der Waals surface area contributed by atoms with Crippen molar-refractivity contribution in [3.05, 3.63) is 24.0 Å². The third-order valence-electron chi connectivity index (χ3n) is 1.63. The molecule has 1 heterocycles. The zero-order chi connectivity index (χ0) is 7.40. The van der Waals surface area contributed by atoms with Crippen LogP contribution < -0.4 is 0 Å². The molecule has 1 aromatic rings.